The number of aryl methyl sites for hydroxylation is 2. The topological polar surface area (TPSA) is 73.2 Å². The van der Waals surface area contributed by atoms with E-state index in [9.17, 15) is 9.59 Å². The van der Waals surface area contributed by atoms with Gasteiger partial charge >= 0.3 is 0 Å². The highest BCUT2D eigenvalue weighted by Crippen LogP contribution is 2.29. The zero-order valence-electron chi connectivity index (χ0n) is 17.9. The van der Waals surface area contributed by atoms with Crippen molar-refractivity contribution in [1.29, 1.82) is 0 Å². The number of hydrogen-bond donors (Lipinski definition) is 1. The minimum Gasteiger partial charge on any atom is -0.497 e. The molecule has 0 aliphatic rings. The standard InChI is InChI=1S/C24H27N3O3/c1-5-7-21(28)25-24-22(18-10-14-20(30-4)15-11-18)23(29)16(3)26-27(24)19-12-8-17(6-2)9-13-19/h8-15H,5-7H2,1-4H3,(H,25,28). The molecule has 30 heavy (non-hydrogen) atoms. The fraction of sp³-hybridized carbons (Fsp3) is 0.292. The highest BCUT2D eigenvalue weighted by atomic mass is 16.5. The van der Waals surface area contributed by atoms with Crippen molar-refractivity contribution in [3.05, 3.63) is 70.0 Å². The van der Waals surface area contributed by atoms with Gasteiger partial charge < -0.3 is 10.1 Å². The molecule has 0 fully saturated rings. The van der Waals surface area contributed by atoms with Crippen LogP contribution in [0.25, 0.3) is 16.8 Å². The van der Waals surface area contributed by atoms with Crippen molar-refractivity contribution in [1.82, 2.24) is 9.78 Å². The molecule has 0 saturated carbocycles. The molecule has 1 aromatic heterocycles. The molecule has 3 rings (SSSR count). The summed E-state index contributed by atoms with van der Waals surface area (Å²) < 4.78 is 6.88. The minimum atomic E-state index is -0.214. The molecule has 2 aromatic carbocycles. The molecular weight excluding hydrogens is 378 g/mol. The van der Waals surface area contributed by atoms with Crippen molar-refractivity contribution in [2.24, 2.45) is 0 Å². The van der Waals surface area contributed by atoms with Gasteiger partial charge in [0.2, 0.25) is 11.3 Å². The Labute approximate surface area is 176 Å². The van der Waals surface area contributed by atoms with Gasteiger partial charge in [-0.05, 0) is 55.2 Å². The van der Waals surface area contributed by atoms with Gasteiger partial charge in [-0.2, -0.15) is 5.10 Å². The first kappa shape index (κ1) is 21.3. The van der Waals surface area contributed by atoms with E-state index < -0.39 is 0 Å². The van der Waals surface area contributed by atoms with Gasteiger partial charge in [-0.3, -0.25) is 9.59 Å². The number of carbonyl (C=O) groups excluding carboxylic acids is 1. The maximum Gasteiger partial charge on any atom is 0.225 e. The molecule has 1 heterocycles. The van der Waals surface area contributed by atoms with Gasteiger partial charge in [-0.1, -0.05) is 38.1 Å². The highest BCUT2D eigenvalue weighted by molar-refractivity contribution is 5.94. The van der Waals surface area contributed by atoms with Crippen LogP contribution in [0.3, 0.4) is 0 Å². The average molecular weight is 405 g/mol. The molecule has 1 N–H and O–H groups in total. The Hall–Kier alpha value is -3.41. The van der Waals surface area contributed by atoms with Crippen LogP contribution in [-0.2, 0) is 11.2 Å². The van der Waals surface area contributed by atoms with Gasteiger partial charge in [0, 0.05) is 6.42 Å². The van der Waals surface area contributed by atoms with Gasteiger partial charge in [0.25, 0.3) is 0 Å². The second kappa shape index (κ2) is 9.39. The number of aromatic nitrogens is 2. The third kappa shape index (κ3) is 4.43. The van der Waals surface area contributed by atoms with E-state index in [2.05, 4.69) is 17.3 Å². The van der Waals surface area contributed by atoms with Crippen molar-refractivity contribution in [2.45, 2.75) is 40.0 Å². The fourth-order valence-corrected chi connectivity index (χ4v) is 3.26. The summed E-state index contributed by atoms with van der Waals surface area (Å²) in [5.74, 6) is 0.909. The first-order valence-corrected chi connectivity index (χ1v) is 10.2. The van der Waals surface area contributed by atoms with Crippen LogP contribution in [0.1, 0.15) is 37.9 Å². The number of nitrogens with one attached hydrogen (secondary N) is 1. The van der Waals surface area contributed by atoms with Crippen LogP contribution in [0.2, 0.25) is 0 Å². The Balaban J connectivity index is 2.25. The lowest BCUT2D eigenvalue weighted by Gasteiger charge is -2.18. The summed E-state index contributed by atoms with van der Waals surface area (Å²) in [4.78, 5) is 25.6. The molecule has 0 atom stereocenters. The Morgan fingerprint density at radius 2 is 1.73 bits per heavy atom. The smallest absolute Gasteiger partial charge is 0.225 e. The highest BCUT2D eigenvalue weighted by Gasteiger charge is 2.20. The lowest BCUT2D eigenvalue weighted by Crippen LogP contribution is -2.24. The minimum absolute atomic E-state index is 0.156. The van der Waals surface area contributed by atoms with Crippen molar-refractivity contribution in [3.8, 4) is 22.6 Å². The van der Waals surface area contributed by atoms with Gasteiger partial charge in [0.15, 0.2) is 0 Å². The van der Waals surface area contributed by atoms with Crippen LogP contribution < -0.4 is 15.5 Å². The summed E-state index contributed by atoms with van der Waals surface area (Å²) in [6.45, 7) is 5.72. The summed E-state index contributed by atoms with van der Waals surface area (Å²) in [6, 6.07) is 15.2. The first-order valence-electron chi connectivity index (χ1n) is 10.2. The van der Waals surface area contributed by atoms with E-state index >= 15 is 0 Å². The van der Waals surface area contributed by atoms with Crippen LogP contribution in [0.4, 0.5) is 5.82 Å². The number of hydrogen-bond acceptors (Lipinski definition) is 4. The van der Waals surface area contributed by atoms with Crippen LogP contribution in [0.15, 0.2) is 53.3 Å². The van der Waals surface area contributed by atoms with Crippen LogP contribution in [0, 0.1) is 6.92 Å². The van der Waals surface area contributed by atoms with Crippen molar-refractivity contribution in [2.75, 3.05) is 12.4 Å². The predicted octanol–water partition coefficient (Wildman–Crippen LogP) is 4.52. The largest absolute Gasteiger partial charge is 0.497 e. The van der Waals surface area contributed by atoms with Crippen molar-refractivity contribution >= 4 is 11.7 Å². The van der Waals surface area contributed by atoms with E-state index in [1.807, 2.05) is 43.3 Å². The molecule has 0 aliphatic heterocycles. The summed E-state index contributed by atoms with van der Waals surface area (Å²) in [6.07, 6.45) is 1.99. The number of nitrogens with zero attached hydrogens (tertiary/aromatic N) is 2. The van der Waals surface area contributed by atoms with Gasteiger partial charge in [-0.15, -0.1) is 0 Å². The predicted molar refractivity (Wildman–Crippen MR) is 119 cm³/mol. The molecule has 3 aromatic rings. The van der Waals surface area contributed by atoms with Crippen LogP contribution >= 0.6 is 0 Å². The molecule has 1 amide bonds. The number of carbonyl (C=O) groups is 1. The Morgan fingerprint density at radius 3 is 2.30 bits per heavy atom. The normalized spacial score (nSPS) is 10.7. The number of amides is 1. The number of benzene rings is 2. The monoisotopic (exact) mass is 405 g/mol. The summed E-state index contributed by atoms with van der Waals surface area (Å²) in [5, 5.41) is 7.43. The van der Waals surface area contributed by atoms with E-state index in [0.717, 1.165) is 12.1 Å². The maximum atomic E-state index is 13.1. The molecule has 0 aliphatic carbocycles. The molecule has 0 unspecified atom stereocenters. The van der Waals surface area contributed by atoms with Gasteiger partial charge in [0.1, 0.15) is 17.3 Å². The summed E-state index contributed by atoms with van der Waals surface area (Å²) >= 11 is 0. The summed E-state index contributed by atoms with van der Waals surface area (Å²) in [5.41, 5.74) is 3.22. The third-order valence-corrected chi connectivity index (χ3v) is 4.96. The van der Waals surface area contributed by atoms with Crippen LogP contribution in [0.5, 0.6) is 5.75 Å². The zero-order chi connectivity index (χ0) is 21.7. The van der Waals surface area contributed by atoms with Gasteiger partial charge in [-0.25, -0.2) is 4.68 Å². The quantitative estimate of drug-likeness (QED) is 0.627. The third-order valence-electron chi connectivity index (χ3n) is 4.96. The van der Waals surface area contributed by atoms with Crippen molar-refractivity contribution < 1.29 is 9.53 Å². The molecule has 0 spiro atoms. The second-order valence-electron chi connectivity index (χ2n) is 7.10. The number of rotatable bonds is 7. The molecule has 0 radical (unpaired) electrons. The lowest BCUT2D eigenvalue weighted by molar-refractivity contribution is -0.116. The second-order valence-corrected chi connectivity index (χ2v) is 7.10. The maximum absolute atomic E-state index is 13.1. The molecular formula is C24H27N3O3. The van der Waals surface area contributed by atoms with E-state index in [1.54, 1.807) is 30.8 Å². The van der Waals surface area contributed by atoms with E-state index in [0.29, 0.717) is 41.2 Å². The average Bonchev–Trinajstić information content (AvgIpc) is 2.77. The number of methoxy groups -OCH3 is 1. The molecule has 6 nitrogen and oxygen atoms in total. The van der Waals surface area contributed by atoms with Crippen LogP contribution in [-0.4, -0.2) is 22.8 Å². The fourth-order valence-electron chi connectivity index (χ4n) is 3.26. The zero-order valence-corrected chi connectivity index (χ0v) is 17.9. The van der Waals surface area contributed by atoms with E-state index in [4.69, 9.17) is 4.74 Å². The SMILES string of the molecule is CCCC(=O)Nc1c(-c2ccc(OC)cc2)c(=O)c(C)nn1-c1ccc(CC)cc1. The Kier molecular flexibility index (Phi) is 6.67. The molecule has 0 bridgehead atoms. The Bertz CT molecular complexity index is 1080. The van der Waals surface area contributed by atoms with E-state index in [-0.39, 0.29) is 11.3 Å². The summed E-state index contributed by atoms with van der Waals surface area (Å²) in [7, 11) is 1.59. The van der Waals surface area contributed by atoms with E-state index in [1.165, 1.54) is 5.56 Å². The number of ether oxygens (including phenoxy) is 1. The first-order chi connectivity index (χ1) is 14.5. The van der Waals surface area contributed by atoms with Crippen molar-refractivity contribution in [3.63, 3.8) is 0 Å². The molecule has 156 valence electrons. The molecule has 6 heteroatoms. The van der Waals surface area contributed by atoms with Gasteiger partial charge in [0.05, 0.1) is 18.4 Å². The lowest BCUT2D eigenvalue weighted by atomic mass is 10.0. The number of anilines is 1. The molecule has 0 saturated heterocycles. The Morgan fingerprint density at radius 1 is 1.07 bits per heavy atom.